The highest BCUT2D eigenvalue weighted by Crippen LogP contribution is 2.15. The standard InChI is InChI=1S/C17H15FN2O6S/c18-11-5-7-12(8-6-11)19-15(21)9-27(25,26)10-16(22)20-14-4-2-1-3-13(14)17(23)24/h1-8H,9-10H2,(H,19,21)(H,20,22)(H,23,24). The molecule has 27 heavy (non-hydrogen) atoms. The van der Waals surface area contributed by atoms with Crippen molar-refractivity contribution in [2.45, 2.75) is 0 Å². The van der Waals surface area contributed by atoms with Crippen molar-refractivity contribution in [3.8, 4) is 0 Å². The molecular formula is C17H15FN2O6S. The molecule has 2 amide bonds. The molecule has 0 heterocycles. The van der Waals surface area contributed by atoms with Crippen molar-refractivity contribution in [2.75, 3.05) is 22.1 Å². The van der Waals surface area contributed by atoms with Gasteiger partial charge >= 0.3 is 5.97 Å². The van der Waals surface area contributed by atoms with Crippen molar-refractivity contribution in [1.82, 2.24) is 0 Å². The van der Waals surface area contributed by atoms with Crippen LogP contribution in [0.4, 0.5) is 15.8 Å². The van der Waals surface area contributed by atoms with E-state index >= 15 is 0 Å². The van der Waals surface area contributed by atoms with Crippen LogP contribution in [0.5, 0.6) is 0 Å². The number of hydrogen-bond acceptors (Lipinski definition) is 5. The third kappa shape index (κ3) is 6.19. The number of anilines is 2. The van der Waals surface area contributed by atoms with E-state index < -0.39 is 44.9 Å². The van der Waals surface area contributed by atoms with Crippen molar-refractivity contribution in [3.63, 3.8) is 0 Å². The lowest BCUT2D eigenvalue weighted by Gasteiger charge is -2.09. The SMILES string of the molecule is O=C(CS(=O)(=O)CC(=O)Nc1ccccc1C(=O)O)Nc1ccc(F)cc1. The summed E-state index contributed by atoms with van der Waals surface area (Å²) in [7, 11) is -4.11. The normalized spacial score (nSPS) is 10.9. The molecule has 3 N–H and O–H groups in total. The summed E-state index contributed by atoms with van der Waals surface area (Å²) in [5.41, 5.74) is -0.0466. The van der Waals surface area contributed by atoms with Crippen molar-refractivity contribution < 1.29 is 32.3 Å². The maximum atomic E-state index is 12.8. The second-order valence-corrected chi connectivity index (χ2v) is 7.55. The Morgan fingerprint density at radius 3 is 2.04 bits per heavy atom. The molecule has 2 aromatic rings. The fourth-order valence-electron chi connectivity index (χ4n) is 2.15. The van der Waals surface area contributed by atoms with Crippen molar-refractivity contribution in [2.24, 2.45) is 0 Å². The van der Waals surface area contributed by atoms with Crippen LogP contribution in [0.15, 0.2) is 48.5 Å². The number of carboxylic acid groups (broad SMARTS) is 1. The van der Waals surface area contributed by atoms with Crippen LogP contribution >= 0.6 is 0 Å². The maximum absolute atomic E-state index is 12.8. The fraction of sp³-hybridized carbons (Fsp3) is 0.118. The Labute approximate surface area is 153 Å². The van der Waals surface area contributed by atoms with Gasteiger partial charge in [0, 0.05) is 5.69 Å². The highest BCUT2D eigenvalue weighted by Gasteiger charge is 2.22. The number of hydrogen-bond donors (Lipinski definition) is 3. The number of amides is 2. The number of carbonyl (C=O) groups excluding carboxylic acids is 2. The van der Waals surface area contributed by atoms with Gasteiger partial charge in [-0.3, -0.25) is 9.59 Å². The van der Waals surface area contributed by atoms with E-state index in [0.717, 1.165) is 12.1 Å². The highest BCUT2D eigenvalue weighted by molar-refractivity contribution is 7.92. The number of carboxylic acids is 1. The summed E-state index contributed by atoms with van der Waals surface area (Å²) in [6.45, 7) is 0. The summed E-state index contributed by atoms with van der Waals surface area (Å²) in [6.07, 6.45) is 0. The molecule has 0 saturated heterocycles. The molecule has 0 aliphatic rings. The highest BCUT2D eigenvalue weighted by atomic mass is 32.2. The first kappa shape index (κ1) is 20.0. The maximum Gasteiger partial charge on any atom is 0.337 e. The fourth-order valence-corrected chi connectivity index (χ4v) is 3.19. The Morgan fingerprint density at radius 2 is 1.44 bits per heavy atom. The second-order valence-electron chi connectivity index (χ2n) is 5.49. The molecule has 0 aromatic heterocycles. The molecule has 0 unspecified atom stereocenters. The van der Waals surface area contributed by atoms with Crippen LogP contribution < -0.4 is 10.6 Å². The minimum Gasteiger partial charge on any atom is -0.478 e. The third-order valence-electron chi connectivity index (χ3n) is 3.26. The smallest absolute Gasteiger partial charge is 0.337 e. The minimum atomic E-state index is -4.11. The average molecular weight is 394 g/mol. The Balaban J connectivity index is 1.97. The summed E-state index contributed by atoms with van der Waals surface area (Å²) in [4.78, 5) is 34.8. The van der Waals surface area contributed by atoms with E-state index in [-0.39, 0.29) is 16.9 Å². The van der Waals surface area contributed by atoms with Crippen molar-refractivity contribution in [1.29, 1.82) is 0 Å². The Kier molecular flexibility index (Phi) is 6.24. The molecule has 0 bridgehead atoms. The molecule has 10 heteroatoms. The van der Waals surface area contributed by atoms with Crippen LogP contribution in [-0.4, -0.2) is 42.8 Å². The van der Waals surface area contributed by atoms with Crippen LogP contribution in [-0.2, 0) is 19.4 Å². The van der Waals surface area contributed by atoms with E-state index in [4.69, 9.17) is 5.11 Å². The summed E-state index contributed by atoms with van der Waals surface area (Å²) >= 11 is 0. The average Bonchev–Trinajstić information content (AvgIpc) is 2.56. The van der Waals surface area contributed by atoms with Gasteiger partial charge in [-0.25, -0.2) is 17.6 Å². The largest absolute Gasteiger partial charge is 0.478 e. The zero-order valence-electron chi connectivity index (χ0n) is 13.8. The molecule has 0 fully saturated rings. The lowest BCUT2D eigenvalue weighted by atomic mass is 10.2. The molecule has 0 saturated carbocycles. The van der Waals surface area contributed by atoms with E-state index in [1.165, 1.54) is 36.4 Å². The van der Waals surface area contributed by atoms with E-state index in [1.807, 2.05) is 0 Å². The molecular weight excluding hydrogens is 379 g/mol. The quantitative estimate of drug-likeness (QED) is 0.653. The van der Waals surface area contributed by atoms with Gasteiger partial charge in [-0.1, -0.05) is 12.1 Å². The van der Waals surface area contributed by atoms with Gasteiger partial charge in [0.05, 0.1) is 11.3 Å². The van der Waals surface area contributed by atoms with E-state index in [9.17, 15) is 27.2 Å². The summed E-state index contributed by atoms with van der Waals surface area (Å²) in [6, 6.07) is 10.2. The Morgan fingerprint density at radius 1 is 0.889 bits per heavy atom. The first-order chi connectivity index (χ1) is 12.7. The van der Waals surface area contributed by atoms with Crippen LogP contribution in [0.25, 0.3) is 0 Å². The lowest BCUT2D eigenvalue weighted by molar-refractivity contribution is -0.114. The van der Waals surface area contributed by atoms with E-state index in [1.54, 1.807) is 0 Å². The number of halogens is 1. The topological polar surface area (TPSA) is 130 Å². The zero-order valence-corrected chi connectivity index (χ0v) is 14.6. The molecule has 0 atom stereocenters. The molecule has 0 radical (unpaired) electrons. The molecule has 8 nitrogen and oxygen atoms in total. The van der Waals surface area contributed by atoms with Gasteiger partial charge in [-0.15, -0.1) is 0 Å². The number of rotatable bonds is 7. The Bertz CT molecular complexity index is 973. The predicted molar refractivity (Wildman–Crippen MR) is 95.7 cm³/mol. The van der Waals surface area contributed by atoms with Gasteiger partial charge in [0.25, 0.3) is 0 Å². The number of nitrogens with one attached hydrogen (secondary N) is 2. The summed E-state index contributed by atoms with van der Waals surface area (Å²) in [5, 5.41) is 13.5. The molecule has 0 aliphatic carbocycles. The van der Waals surface area contributed by atoms with E-state index in [0.29, 0.717) is 0 Å². The van der Waals surface area contributed by atoms with Crippen molar-refractivity contribution >= 4 is 39.0 Å². The number of benzene rings is 2. The predicted octanol–water partition coefficient (Wildman–Crippen LogP) is 1.52. The van der Waals surface area contributed by atoms with Gasteiger partial charge in [-0.2, -0.15) is 0 Å². The molecule has 0 spiro atoms. The third-order valence-corrected chi connectivity index (χ3v) is 4.67. The van der Waals surface area contributed by atoms with Crippen LogP contribution in [0.2, 0.25) is 0 Å². The summed E-state index contributed by atoms with van der Waals surface area (Å²) in [5.74, 6) is -5.62. The minimum absolute atomic E-state index is 0.0547. The van der Waals surface area contributed by atoms with Gasteiger partial charge in [0.2, 0.25) is 11.8 Å². The first-order valence-corrected chi connectivity index (χ1v) is 9.36. The Hall–Kier alpha value is -3.27. The molecule has 2 rings (SSSR count). The van der Waals surface area contributed by atoms with E-state index in [2.05, 4.69) is 10.6 Å². The molecule has 2 aromatic carbocycles. The summed E-state index contributed by atoms with van der Waals surface area (Å²) < 4.78 is 36.8. The monoisotopic (exact) mass is 394 g/mol. The van der Waals surface area contributed by atoms with Crippen LogP contribution in [0.3, 0.4) is 0 Å². The number of carbonyl (C=O) groups is 3. The number of sulfone groups is 1. The van der Waals surface area contributed by atoms with Gasteiger partial charge in [0.15, 0.2) is 9.84 Å². The van der Waals surface area contributed by atoms with Gasteiger partial charge in [-0.05, 0) is 36.4 Å². The second kappa shape index (κ2) is 8.41. The lowest BCUT2D eigenvalue weighted by Crippen LogP contribution is -2.30. The zero-order chi connectivity index (χ0) is 20.0. The van der Waals surface area contributed by atoms with Crippen molar-refractivity contribution in [3.05, 3.63) is 59.9 Å². The first-order valence-electron chi connectivity index (χ1n) is 7.54. The molecule has 142 valence electrons. The van der Waals surface area contributed by atoms with Crippen LogP contribution in [0, 0.1) is 5.82 Å². The number of para-hydroxylation sites is 1. The van der Waals surface area contributed by atoms with Gasteiger partial charge in [0.1, 0.15) is 17.3 Å². The molecule has 0 aliphatic heterocycles. The van der Waals surface area contributed by atoms with Crippen LogP contribution in [0.1, 0.15) is 10.4 Å². The number of aromatic carboxylic acids is 1. The van der Waals surface area contributed by atoms with Gasteiger partial charge < -0.3 is 15.7 Å².